The van der Waals surface area contributed by atoms with Crippen LogP contribution in [0.2, 0.25) is 0 Å². The molecular weight excluding hydrogens is 452 g/mol. The van der Waals surface area contributed by atoms with E-state index in [0.717, 1.165) is 0 Å². The largest absolute Gasteiger partial charge is 0.481 e. The average molecular weight is 480 g/mol. The first kappa shape index (κ1) is 28.0. The number of benzene rings is 1. The lowest BCUT2D eigenvalue weighted by atomic mass is 10.0. The highest BCUT2D eigenvalue weighted by Crippen LogP contribution is 2.06. The van der Waals surface area contributed by atoms with E-state index in [9.17, 15) is 28.8 Å². The van der Waals surface area contributed by atoms with Gasteiger partial charge >= 0.3 is 17.9 Å². The van der Waals surface area contributed by atoms with Crippen molar-refractivity contribution in [2.24, 2.45) is 5.73 Å². The Bertz CT molecular complexity index is 907. The van der Waals surface area contributed by atoms with E-state index < -0.39 is 66.2 Å². The molecule has 0 fully saturated rings. The third-order valence-corrected chi connectivity index (χ3v) is 4.67. The molecule has 8 N–H and O–H groups in total. The van der Waals surface area contributed by atoms with Crippen LogP contribution in [-0.4, -0.2) is 75.1 Å². The van der Waals surface area contributed by atoms with Crippen LogP contribution in [0.15, 0.2) is 30.3 Å². The highest BCUT2D eigenvalue weighted by molar-refractivity contribution is 5.94. The van der Waals surface area contributed by atoms with E-state index in [1.807, 2.05) is 5.32 Å². The topological polar surface area (TPSA) is 225 Å². The Balaban J connectivity index is 2.90. The molecule has 4 atom stereocenters. The Morgan fingerprint density at radius 3 is 1.94 bits per heavy atom. The molecular formula is C21H28N4O9. The van der Waals surface area contributed by atoms with Gasteiger partial charge in [0, 0.05) is 12.8 Å². The first-order valence-corrected chi connectivity index (χ1v) is 10.3. The fraction of sp³-hybridized carbons (Fsp3) is 0.429. The number of carboxylic acids is 3. The van der Waals surface area contributed by atoms with E-state index >= 15 is 0 Å². The second kappa shape index (κ2) is 13.5. The molecule has 0 aromatic heterocycles. The van der Waals surface area contributed by atoms with Gasteiger partial charge in [0.1, 0.15) is 18.1 Å². The fourth-order valence-electron chi connectivity index (χ4n) is 2.80. The Morgan fingerprint density at radius 1 is 0.824 bits per heavy atom. The molecule has 3 amide bonds. The summed E-state index contributed by atoms with van der Waals surface area (Å²) in [4.78, 5) is 70.1. The van der Waals surface area contributed by atoms with Crippen molar-refractivity contribution >= 4 is 35.6 Å². The van der Waals surface area contributed by atoms with E-state index in [0.29, 0.717) is 5.56 Å². The fourth-order valence-corrected chi connectivity index (χ4v) is 2.80. The van der Waals surface area contributed by atoms with Crippen molar-refractivity contribution in [3.63, 3.8) is 0 Å². The number of nitrogens with two attached hydrogens (primary N) is 1. The monoisotopic (exact) mass is 480 g/mol. The van der Waals surface area contributed by atoms with Crippen LogP contribution in [0.1, 0.15) is 31.7 Å². The minimum absolute atomic E-state index is 0.0230. The normalized spacial score (nSPS) is 14.1. The van der Waals surface area contributed by atoms with Gasteiger partial charge in [0.05, 0.1) is 12.5 Å². The third kappa shape index (κ3) is 10.1. The highest BCUT2D eigenvalue weighted by Gasteiger charge is 2.29. The number of nitrogens with one attached hydrogen (secondary N) is 3. The van der Waals surface area contributed by atoms with E-state index in [1.165, 1.54) is 6.92 Å². The van der Waals surface area contributed by atoms with Gasteiger partial charge in [-0.15, -0.1) is 0 Å². The predicted octanol–water partition coefficient (Wildman–Crippen LogP) is -1.55. The van der Waals surface area contributed by atoms with Crippen molar-refractivity contribution in [3.05, 3.63) is 35.9 Å². The number of hydrogen-bond donors (Lipinski definition) is 7. The van der Waals surface area contributed by atoms with Crippen molar-refractivity contribution in [1.82, 2.24) is 16.0 Å². The summed E-state index contributed by atoms with van der Waals surface area (Å²) in [6, 6.07) is 3.26. The van der Waals surface area contributed by atoms with Gasteiger partial charge in [-0.3, -0.25) is 24.0 Å². The number of hydrogen-bond acceptors (Lipinski definition) is 7. The van der Waals surface area contributed by atoms with Crippen LogP contribution in [0.3, 0.4) is 0 Å². The Hall–Kier alpha value is -4.00. The third-order valence-electron chi connectivity index (χ3n) is 4.67. The van der Waals surface area contributed by atoms with Crippen LogP contribution in [0.25, 0.3) is 0 Å². The quantitative estimate of drug-likeness (QED) is 0.162. The molecule has 13 heteroatoms. The number of carbonyl (C=O) groups excluding carboxylic acids is 3. The lowest BCUT2D eigenvalue weighted by Crippen LogP contribution is -2.57. The molecule has 0 aliphatic heterocycles. The van der Waals surface area contributed by atoms with Crippen LogP contribution in [0.5, 0.6) is 0 Å². The van der Waals surface area contributed by atoms with Gasteiger partial charge < -0.3 is 37.0 Å². The maximum atomic E-state index is 12.8. The molecule has 0 saturated heterocycles. The minimum Gasteiger partial charge on any atom is -0.481 e. The van der Waals surface area contributed by atoms with Gasteiger partial charge in [-0.25, -0.2) is 4.79 Å². The lowest BCUT2D eigenvalue weighted by molar-refractivity contribution is -0.147. The van der Waals surface area contributed by atoms with E-state index in [-0.39, 0.29) is 19.3 Å². The molecule has 0 saturated carbocycles. The van der Waals surface area contributed by atoms with Crippen LogP contribution in [0.4, 0.5) is 0 Å². The summed E-state index contributed by atoms with van der Waals surface area (Å²) in [5.41, 5.74) is 6.38. The Kier molecular flexibility index (Phi) is 11.2. The molecule has 1 rings (SSSR count). The molecule has 0 spiro atoms. The minimum atomic E-state index is -1.70. The Morgan fingerprint density at radius 2 is 1.41 bits per heavy atom. The molecule has 13 nitrogen and oxygen atoms in total. The second-order valence-corrected chi connectivity index (χ2v) is 7.52. The van der Waals surface area contributed by atoms with Gasteiger partial charge in [0.25, 0.3) is 0 Å². The van der Waals surface area contributed by atoms with Gasteiger partial charge in [-0.05, 0) is 18.9 Å². The molecule has 0 aliphatic rings. The van der Waals surface area contributed by atoms with Crippen LogP contribution < -0.4 is 21.7 Å². The van der Waals surface area contributed by atoms with E-state index in [1.54, 1.807) is 30.3 Å². The van der Waals surface area contributed by atoms with Gasteiger partial charge in [-0.2, -0.15) is 0 Å². The number of carboxylic acid groups (broad SMARTS) is 3. The maximum Gasteiger partial charge on any atom is 0.326 e. The number of rotatable bonds is 14. The van der Waals surface area contributed by atoms with Crippen molar-refractivity contribution in [3.8, 4) is 0 Å². The average Bonchev–Trinajstić information content (AvgIpc) is 2.76. The van der Waals surface area contributed by atoms with Crippen LogP contribution in [-0.2, 0) is 35.2 Å². The molecule has 1 aromatic carbocycles. The molecule has 0 radical (unpaired) electrons. The molecule has 34 heavy (non-hydrogen) atoms. The second-order valence-electron chi connectivity index (χ2n) is 7.52. The first-order valence-electron chi connectivity index (χ1n) is 10.3. The lowest BCUT2D eigenvalue weighted by Gasteiger charge is -2.23. The van der Waals surface area contributed by atoms with Gasteiger partial charge in [0.2, 0.25) is 17.7 Å². The molecule has 0 aliphatic carbocycles. The Labute approximate surface area is 194 Å². The van der Waals surface area contributed by atoms with Crippen LogP contribution in [0, 0.1) is 0 Å². The summed E-state index contributed by atoms with van der Waals surface area (Å²) < 4.78 is 0. The number of aliphatic carboxylic acids is 3. The summed E-state index contributed by atoms with van der Waals surface area (Å²) in [5, 5.41) is 33.4. The maximum absolute atomic E-state index is 12.8. The van der Waals surface area contributed by atoms with E-state index in [2.05, 4.69) is 10.6 Å². The summed E-state index contributed by atoms with van der Waals surface area (Å²) in [6.45, 7) is 1.26. The predicted molar refractivity (Wildman–Crippen MR) is 116 cm³/mol. The van der Waals surface area contributed by atoms with Crippen molar-refractivity contribution in [2.75, 3.05) is 0 Å². The van der Waals surface area contributed by atoms with Crippen molar-refractivity contribution in [2.45, 2.75) is 56.8 Å². The first-order chi connectivity index (χ1) is 15.9. The van der Waals surface area contributed by atoms with Crippen molar-refractivity contribution in [1.29, 1.82) is 0 Å². The molecule has 0 heterocycles. The molecule has 1 aromatic rings. The summed E-state index contributed by atoms with van der Waals surface area (Å²) in [5.74, 6) is -6.61. The summed E-state index contributed by atoms with van der Waals surface area (Å²) >= 11 is 0. The summed E-state index contributed by atoms with van der Waals surface area (Å²) in [7, 11) is 0. The smallest absolute Gasteiger partial charge is 0.326 e. The van der Waals surface area contributed by atoms with Gasteiger partial charge in [0.15, 0.2) is 0 Å². The van der Waals surface area contributed by atoms with Crippen molar-refractivity contribution < 1.29 is 44.1 Å². The zero-order chi connectivity index (χ0) is 25.8. The SMILES string of the molecule is CC(NC(=O)C(Cc1ccccc1)NC(=O)C(N)CCC(=O)O)C(=O)NC(CC(=O)O)C(=O)O. The highest BCUT2D eigenvalue weighted by atomic mass is 16.4. The standard InChI is InChI=1S/C21H28N4O9/c1-11(18(30)25-15(21(33)34)10-17(28)29)23-20(32)14(9-12-5-3-2-4-6-12)24-19(31)13(22)7-8-16(26)27/h2-6,11,13-15H,7-10,22H2,1H3,(H,23,32)(H,24,31)(H,25,30)(H,26,27)(H,28,29)(H,33,34). The van der Waals surface area contributed by atoms with Crippen LogP contribution >= 0.6 is 0 Å². The number of carbonyl (C=O) groups is 6. The van der Waals surface area contributed by atoms with Gasteiger partial charge in [-0.1, -0.05) is 30.3 Å². The zero-order valence-electron chi connectivity index (χ0n) is 18.4. The zero-order valence-corrected chi connectivity index (χ0v) is 18.4. The molecule has 186 valence electrons. The van der Waals surface area contributed by atoms with E-state index in [4.69, 9.17) is 21.1 Å². The molecule has 0 bridgehead atoms. The summed E-state index contributed by atoms with van der Waals surface area (Å²) in [6.07, 6.45) is -1.33. The molecule has 4 unspecified atom stereocenters. The number of amides is 3.